The highest BCUT2D eigenvalue weighted by Crippen LogP contribution is 2.32. The van der Waals surface area contributed by atoms with Gasteiger partial charge in [-0.3, -0.25) is 9.78 Å². The van der Waals surface area contributed by atoms with Crippen LogP contribution in [-0.4, -0.2) is 26.8 Å². The van der Waals surface area contributed by atoms with Gasteiger partial charge in [-0.25, -0.2) is 0 Å². The van der Waals surface area contributed by atoms with Gasteiger partial charge in [-0.05, 0) is 31.5 Å². The fraction of sp³-hybridized carbons (Fsp3) is 0.333. The lowest BCUT2D eigenvalue weighted by Crippen LogP contribution is -2.46. The van der Waals surface area contributed by atoms with Gasteiger partial charge < -0.3 is 10.8 Å². The zero-order valence-electron chi connectivity index (χ0n) is 11.5. The standard InChI is InChI=1S/C15H18N2O2S/c1-15(2,13(16)14(18)19)20-9-10-7-8-17-12-6-4-3-5-11(10)12/h3-8,13H,9,16H2,1-2H3,(H,18,19)/t13-/m0/s1. The summed E-state index contributed by atoms with van der Waals surface area (Å²) in [5.41, 5.74) is 7.83. The predicted molar refractivity (Wildman–Crippen MR) is 82.7 cm³/mol. The van der Waals surface area contributed by atoms with E-state index in [9.17, 15) is 4.79 Å². The summed E-state index contributed by atoms with van der Waals surface area (Å²) >= 11 is 1.55. The van der Waals surface area contributed by atoms with Gasteiger partial charge in [0.15, 0.2) is 0 Å². The van der Waals surface area contributed by atoms with Crippen LogP contribution in [0.25, 0.3) is 10.9 Å². The fourth-order valence-electron chi connectivity index (χ4n) is 1.93. The Hall–Kier alpha value is -1.59. The minimum absolute atomic E-state index is 0.532. The molecule has 0 aliphatic carbocycles. The number of hydrogen-bond acceptors (Lipinski definition) is 4. The Balaban J connectivity index is 2.19. The number of nitrogens with zero attached hydrogens (tertiary/aromatic N) is 1. The van der Waals surface area contributed by atoms with Gasteiger partial charge in [0.05, 0.1) is 5.52 Å². The first-order valence-electron chi connectivity index (χ1n) is 6.37. The van der Waals surface area contributed by atoms with Gasteiger partial charge in [0.2, 0.25) is 0 Å². The molecular weight excluding hydrogens is 272 g/mol. The molecule has 2 aromatic rings. The maximum absolute atomic E-state index is 11.0. The summed E-state index contributed by atoms with van der Waals surface area (Å²) in [7, 11) is 0. The van der Waals surface area contributed by atoms with Gasteiger partial charge in [0.1, 0.15) is 6.04 Å². The molecule has 2 rings (SSSR count). The molecule has 0 fully saturated rings. The van der Waals surface area contributed by atoms with Crippen molar-refractivity contribution in [1.82, 2.24) is 4.98 Å². The van der Waals surface area contributed by atoms with E-state index >= 15 is 0 Å². The largest absolute Gasteiger partial charge is 0.480 e. The lowest BCUT2D eigenvalue weighted by atomic mass is 10.1. The first-order chi connectivity index (χ1) is 9.42. The minimum atomic E-state index is -0.970. The number of hydrogen-bond donors (Lipinski definition) is 2. The molecule has 1 atom stereocenters. The number of benzene rings is 1. The van der Waals surface area contributed by atoms with Gasteiger partial charge >= 0.3 is 5.97 Å². The Kier molecular flexibility index (Phi) is 4.30. The third kappa shape index (κ3) is 3.11. The SMILES string of the molecule is CC(C)(SCc1ccnc2ccccc12)[C@@H](N)C(=O)O. The summed E-state index contributed by atoms with van der Waals surface area (Å²) < 4.78 is -0.532. The van der Waals surface area contributed by atoms with Crippen LogP contribution in [0.4, 0.5) is 0 Å². The smallest absolute Gasteiger partial charge is 0.321 e. The van der Waals surface area contributed by atoms with Crippen molar-refractivity contribution >= 4 is 28.6 Å². The minimum Gasteiger partial charge on any atom is -0.480 e. The Bertz CT molecular complexity index is 623. The van der Waals surface area contributed by atoms with Crippen molar-refractivity contribution in [2.24, 2.45) is 5.73 Å². The molecule has 0 radical (unpaired) electrons. The third-order valence-electron chi connectivity index (χ3n) is 3.35. The van der Waals surface area contributed by atoms with Gasteiger partial charge in [-0.15, -0.1) is 11.8 Å². The second-order valence-corrected chi connectivity index (χ2v) is 6.82. The molecule has 0 aliphatic heterocycles. The summed E-state index contributed by atoms with van der Waals surface area (Å²) in [6.45, 7) is 3.72. The molecule has 3 N–H and O–H groups in total. The van der Waals surface area contributed by atoms with Crippen LogP contribution in [0, 0.1) is 0 Å². The summed E-state index contributed by atoms with van der Waals surface area (Å²) in [6.07, 6.45) is 1.78. The van der Waals surface area contributed by atoms with E-state index in [4.69, 9.17) is 10.8 Å². The second-order valence-electron chi connectivity index (χ2n) is 5.20. The number of para-hydroxylation sites is 1. The number of thioether (sulfide) groups is 1. The van der Waals surface area contributed by atoms with Crippen molar-refractivity contribution in [2.45, 2.75) is 30.4 Å². The molecule has 5 heteroatoms. The lowest BCUT2D eigenvalue weighted by Gasteiger charge is -2.28. The van der Waals surface area contributed by atoms with Crippen molar-refractivity contribution < 1.29 is 9.90 Å². The quantitative estimate of drug-likeness (QED) is 0.885. The van der Waals surface area contributed by atoms with E-state index in [2.05, 4.69) is 4.98 Å². The lowest BCUT2D eigenvalue weighted by molar-refractivity contribution is -0.139. The molecule has 0 saturated carbocycles. The maximum atomic E-state index is 11.0. The highest BCUT2D eigenvalue weighted by Gasteiger charge is 2.32. The highest BCUT2D eigenvalue weighted by atomic mass is 32.2. The van der Waals surface area contributed by atoms with Crippen LogP contribution < -0.4 is 5.73 Å². The third-order valence-corrected chi connectivity index (χ3v) is 4.81. The molecule has 20 heavy (non-hydrogen) atoms. The Morgan fingerprint density at radius 2 is 2.10 bits per heavy atom. The van der Waals surface area contributed by atoms with Crippen molar-refractivity contribution in [2.75, 3.05) is 0 Å². The van der Waals surface area contributed by atoms with Crippen LogP contribution in [0.1, 0.15) is 19.4 Å². The van der Waals surface area contributed by atoms with E-state index in [1.165, 1.54) is 0 Å². The van der Waals surface area contributed by atoms with Gasteiger partial charge in [-0.1, -0.05) is 18.2 Å². The van der Waals surface area contributed by atoms with Crippen molar-refractivity contribution in [1.29, 1.82) is 0 Å². The van der Waals surface area contributed by atoms with Gasteiger partial charge in [-0.2, -0.15) is 0 Å². The monoisotopic (exact) mass is 290 g/mol. The zero-order valence-corrected chi connectivity index (χ0v) is 12.4. The molecule has 1 heterocycles. The van der Waals surface area contributed by atoms with E-state index in [0.717, 1.165) is 16.5 Å². The number of fused-ring (bicyclic) bond motifs is 1. The number of aliphatic carboxylic acids is 1. The van der Waals surface area contributed by atoms with E-state index in [0.29, 0.717) is 5.75 Å². The van der Waals surface area contributed by atoms with Crippen LogP contribution in [-0.2, 0) is 10.5 Å². The molecular formula is C15H18N2O2S. The summed E-state index contributed by atoms with van der Waals surface area (Å²) in [5, 5.41) is 10.1. The van der Waals surface area contributed by atoms with Crippen LogP contribution in [0.2, 0.25) is 0 Å². The molecule has 0 bridgehead atoms. The van der Waals surface area contributed by atoms with Crippen molar-refractivity contribution in [3.63, 3.8) is 0 Å². The van der Waals surface area contributed by atoms with Crippen LogP contribution in [0.3, 0.4) is 0 Å². The molecule has 0 unspecified atom stereocenters. The van der Waals surface area contributed by atoms with E-state index in [1.54, 1.807) is 18.0 Å². The number of pyridine rings is 1. The van der Waals surface area contributed by atoms with Crippen LogP contribution in [0.5, 0.6) is 0 Å². The van der Waals surface area contributed by atoms with Crippen LogP contribution in [0.15, 0.2) is 36.5 Å². The first-order valence-corrected chi connectivity index (χ1v) is 7.35. The Morgan fingerprint density at radius 3 is 2.80 bits per heavy atom. The summed E-state index contributed by atoms with van der Waals surface area (Å²) in [6, 6.07) is 9.01. The number of carboxylic acid groups (broad SMARTS) is 1. The number of rotatable bonds is 5. The first kappa shape index (κ1) is 14.8. The molecule has 0 aliphatic rings. The molecule has 4 nitrogen and oxygen atoms in total. The summed E-state index contributed by atoms with van der Waals surface area (Å²) in [4.78, 5) is 15.3. The fourth-order valence-corrected chi connectivity index (χ4v) is 2.99. The molecule has 0 spiro atoms. The molecule has 0 amide bonds. The average Bonchev–Trinajstić information content (AvgIpc) is 2.44. The Morgan fingerprint density at radius 1 is 1.40 bits per heavy atom. The number of carboxylic acids is 1. The summed E-state index contributed by atoms with van der Waals surface area (Å²) in [5.74, 6) is -0.265. The second kappa shape index (κ2) is 5.81. The maximum Gasteiger partial charge on any atom is 0.321 e. The van der Waals surface area contributed by atoms with E-state index in [1.807, 2.05) is 44.2 Å². The molecule has 0 saturated heterocycles. The zero-order chi connectivity index (χ0) is 14.8. The molecule has 106 valence electrons. The normalized spacial score (nSPS) is 13.3. The Labute approximate surface area is 122 Å². The van der Waals surface area contributed by atoms with Gasteiger partial charge in [0, 0.05) is 22.1 Å². The van der Waals surface area contributed by atoms with E-state index < -0.39 is 16.8 Å². The highest BCUT2D eigenvalue weighted by molar-refractivity contribution is 7.99. The average molecular weight is 290 g/mol. The number of carbonyl (C=O) groups is 1. The molecule has 1 aromatic heterocycles. The topological polar surface area (TPSA) is 76.2 Å². The number of aromatic nitrogens is 1. The predicted octanol–water partition coefficient (Wildman–Crippen LogP) is 2.66. The van der Waals surface area contributed by atoms with Crippen molar-refractivity contribution in [3.8, 4) is 0 Å². The van der Waals surface area contributed by atoms with Gasteiger partial charge in [0.25, 0.3) is 0 Å². The number of nitrogens with two attached hydrogens (primary N) is 1. The van der Waals surface area contributed by atoms with Crippen LogP contribution >= 0.6 is 11.8 Å². The van der Waals surface area contributed by atoms with E-state index in [-0.39, 0.29) is 0 Å². The molecule has 1 aromatic carbocycles. The van der Waals surface area contributed by atoms with Crippen molar-refractivity contribution in [3.05, 3.63) is 42.1 Å².